The first kappa shape index (κ1) is 19.1. The molecule has 0 spiro atoms. The van der Waals surface area contributed by atoms with Gasteiger partial charge in [0.15, 0.2) is 0 Å². The minimum Gasteiger partial charge on any atom is -0.497 e. The minimum absolute atomic E-state index is 0.0586. The molecule has 1 heterocycles. The standard InChI is InChI=1S/C18H26N2O5/c1-3-24-17(21)7-8-19-18(22)20-9-10-25-16(13-20)12-14-5-4-6-15(11-14)23-2/h4-6,11,16H,3,7-10,12-13H2,1-2H3,(H,19,22)/t16-/m0/s1. The molecule has 0 aliphatic carbocycles. The number of benzene rings is 1. The highest BCUT2D eigenvalue weighted by Gasteiger charge is 2.24. The third-order valence-electron chi connectivity index (χ3n) is 3.93. The molecule has 1 fully saturated rings. The second-order valence-corrected chi connectivity index (χ2v) is 5.78. The highest BCUT2D eigenvalue weighted by atomic mass is 16.5. The molecule has 25 heavy (non-hydrogen) atoms. The van der Waals surface area contributed by atoms with Crippen LogP contribution in [-0.2, 0) is 20.7 Å². The third kappa shape index (κ3) is 6.26. The maximum absolute atomic E-state index is 12.2. The molecule has 1 aliphatic heterocycles. The summed E-state index contributed by atoms with van der Waals surface area (Å²) in [6, 6.07) is 7.65. The first-order valence-electron chi connectivity index (χ1n) is 8.55. The molecule has 0 bridgehead atoms. The van der Waals surface area contributed by atoms with Crippen molar-refractivity contribution in [3.8, 4) is 5.75 Å². The zero-order valence-electron chi connectivity index (χ0n) is 14.8. The summed E-state index contributed by atoms with van der Waals surface area (Å²) in [7, 11) is 1.64. The molecular formula is C18H26N2O5. The average molecular weight is 350 g/mol. The largest absolute Gasteiger partial charge is 0.497 e. The predicted molar refractivity (Wildman–Crippen MR) is 92.7 cm³/mol. The second-order valence-electron chi connectivity index (χ2n) is 5.78. The molecule has 0 radical (unpaired) electrons. The number of ether oxygens (including phenoxy) is 3. The molecule has 0 saturated carbocycles. The third-order valence-corrected chi connectivity index (χ3v) is 3.93. The van der Waals surface area contributed by atoms with Gasteiger partial charge in [0.1, 0.15) is 5.75 Å². The molecule has 7 nitrogen and oxygen atoms in total. The summed E-state index contributed by atoms with van der Waals surface area (Å²) in [5.74, 6) is 0.502. The number of methoxy groups -OCH3 is 1. The van der Waals surface area contributed by atoms with Crippen LogP contribution in [0.25, 0.3) is 0 Å². The molecule has 1 N–H and O–H groups in total. The Balaban J connectivity index is 1.79. The van der Waals surface area contributed by atoms with Gasteiger partial charge in [0.25, 0.3) is 0 Å². The van der Waals surface area contributed by atoms with Crippen LogP contribution in [0.15, 0.2) is 24.3 Å². The second kappa shape index (κ2) is 9.88. The van der Waals surface area contributed by atoms with Crippen LogP contribution in [0, 0.1) is 0 Å². The van der Waals surface area contributed by atoms with Crippen LogP contribution in [0.1, 0.15) is 18.9 Å². The van der Waals surface area contributed by atoms with E-state index in [1.54, 1.807) is 18.9 Å². The molecule has 1 atom stereocenters. The molecule has 138 valence electrons. The fourth-order valence-electron chi connectivity index (χ4n) is 2.71. The number of urea groups is 1. The van der Waals surface area contributed by atoms with Crippen LogP contribution in [-0.4, -0.2) is 63.0 Å². The average Bonchev–Trinajstić information content (AvgIpc) is 2.62. The SMILES string of the molecule is CCOC(=O)CCNC(=O)N1CCO[C@@H](Cc2cccc(OC)c2)C1. The molecule has 2 amide bonds. The smallest absolute Gasteiger partial charge is 0.317 e. The summed E-state index contributed by atoms with van der Waals surface area (Å²) < 4.78 is 15.8. The Morgan fingerprint density at radius 1 is 1.40 bits per heavy atom. The topological polar surface area (TPSA) is 77.1 Å². The van der Waals surface area contributed by atoms with Crippen molar-refractivity contribution >= 4 is 12.0 Å². The number of rotatable bonds is 7. The number of nitrogens with zero attached hydrogens (tertiary/aromatic N) is 1. The Morgan fingerprint density at radius 3 is 3.00 bits per heavy atom. The lowest BCUT2D eigenvalue weighted by molar-refractivity contribution is -0.142. The summed E-state index contributed by atoms with van der Waals surface area (Å²) in [5.41, 5.74) is 1.11. The van der Waals surface area contributed by atoms with E-state index >= 15 is 0 Å². The van der Waals surface area contributed by atoms with Crippen molar-refractivity contribution in [2.45, 2.75) is 25.9 Å². The van der Waals surface area contributed by atoms with Gasteiger partial charge in [0.05, 0.1) is 32.8 Å². The first-order valence-corrected chi connectivity index (χ1v) is 8.55. The quantitative estimate of drug-likeness (QED) is 0.756. The number of carbonyl (C=O) groups excluding carboxylic acids is 2. The monoisotopic (exact) mass is 350 g/mol. The number of morpholine rings is 1. The summed E-state index contributed by atoms with van der Waals surface area (Å²) in [6.07, 6.45) is 0.831. The van der Waals surface area contributed by atoms with Crippen LogP contribution in [0.3, 0.4) is 0 Å². The van der Waals surface area contributed by atoms with E-state index in [9.17, 15) is 9.59 Å². The van der Waals surface area contributed by atoms with Crippen molar-refractivity contribution in [1.29, 1.82) is 0 Å². The Hall–Kier alpha value is -2.28. The molecule has 1 aliphatic rings. The lowest BCUT2D eigenvalue weighted by Gasteiger charge is -2.33. The summed E-state index contributed by atoms with van der Waals surface area (Å²) >= 11 is 0. The summed E-state index contributed by atoms with van der Waals surface area (Å²) in [5, 5.41) is 2.75. The molecule has 1 aromatic rings. The van der Waals surface area contributed by atoms with E-state index in [-0.39, 0.29) is 31.1 Å². The maximum atomic E-state index is 12.2. The number of hydrogen-bond donors (Lipinski definition) is 1. The molecular weight excluding hydrogens is 324 g/mol. The number of amides is 2. The molecule has 2 rings (SSSR count). The van der Waals surface area contributed by atoms with Crippen molar-refractivity contribution in [1.82, 2.24) is 10.2 Å². The Bertz CT molecular complexity index is 578. The van der Waals surface area contributed by atoms with E-state index in [4.69, 9.17) is 14.2 Å². The van der Waals surface area contributed by atoms with E-state index in [0.29, 0.717) is 32.7 Å². The van der Waals surface area contributed by atoms with Gasteiger partial charge in [-0.05, 0) is 24.6 Å². The van der Waals surface area contributed by atoms with Gasteiger partial charge < -0.3 is 24.4 Å². The highest BCUT2D eigenvalue weighted by molar-refractivity contribution is 5.75. The fourth-order valence-corrected chi connectivity index (χ4v) is 2.71. The predicted octanol–water partition coefficient (Wildman–Crippen LogP) is 1.60. The van der Waals surface area contributed by atoms with Gasteiger partial charge >= 0.3 is 12.0 Å². The lowest BCUT2D eigenvalue weighted by Crippen LogP contribution is -2.50. The van der Waals surface area contributed by atoms with Gasteiger partial charge in [0, 0.05) is 26.1 Å². The molecule has 0 aromatic heterocycles. The van der Waals surface area contributed by atoms with Crippen molar-refractivity contribution in [3.05, 3.63) is 29.8 Å². The lowest BCUT2D eigenvalue weighted by atomic mass is 10.1. The molecule has 1 saturated heterocycles. The minimum atomic E-state index is -0.305. The van der Waals surface area contributed by atoms with Crippen molar-refractivity contribution in [2.24, 2.45) is 0 Å². The Labute approximate surface area is 148 Å². The van der Waals surface area contributed by atoms with Gasteiger partial charge in [-0.15, -0.1) is 0 Å². The number of carbonyl (C=O) groups is 2. The molecule has 1 aromatic carbocycles. The van der Waals surface area contributed by atoms with Crippen molar-refractivity contribution < 1.29 is 23.8 Å². The van der Waals surface area contributed by atoms with E-state index in [1.807, 2.05) is 24.3 Å². The van der Waals surface area contributed by atoms with Crippen molar-refractivity contribution in [3.63, 3.8) is 0 Å². The highest BCUT2D eigenvalue weighted by Crippen LogP contribution is 2.17. The van der Waals surface area contributed by atoms with E-state index in [0.717, 1.165) is 11.3 Å². The van der Waals surface area contributed by atoms with Crippen LogP contribution < -0.4 is 10.1 Å². The zero-order chi connectivity index (χ0) is 18.1. The van der Waals surface area contributed by atoms with Crippen LogP contribution in [0.5, 0.6) is 5.75 Å². The van der Waals surface area contributed by atoms with Crippen LogP contribution >= 0.6 is 0 Å². The van der Waals surface area contributed by atoms with Crippen LogP contribution in [0.4, 0.5) is 4.79 Å². The number of esters is 1. The van der Waals surface area contributed by atoms with E-state index in [2.05, 4.69) is 5.32 Å². The van der Waals surface area contributed by atoms with Crippen LogP contribution in [0.2, 0.25) is 0 Å². The number of nitrogens with one attached hydrogen (secondary N) is 1. The molecule has 0 unspecified atom stereocenters. The van der Waals surface area contributed by atoms with Gasteiger partial charge in [-0.3, -0.25) is 4.79 Å². The number of hydrogen-bond acceptors (Lipinski definition) is 5. The van der Waals surface area contributed by atoms with E-state index in [1.165, 1.54) is 0 Å². The molecule has 7 heteroatoms. The van der Waals surface area contributed by atoms with Gasteiger partial charge in [-0.1, -0.05) is 12.1 Å². The van der Waals surface area contributed by atoms with Gasteiger partial charge in [-0.2, -0.15) is 0 Å². The normalized spacial score (nSPS) is 17.0. The van der Waals surface area contributed by atoms with Gasteiger partial charge in [0.2, 0.25) is 0 Å². The maximum Gasteiger partial charge on any atom is 0.317 e. The van der Waals surface area contributed by atoms with Crippen molar-refractivity contribution in [2.75, 3.05) is 40.0 Å². The Kier molecular flexibility index (Phi) is 7.53. The summed E-state index contributed by atoms with van der Waals surface area (Å²) in [4.78, 5) is 25.2. The Morgan fingerprint density at radius 2 is 2.24 bits per heavy atom. The first-order chi connectivity index (χ1) is 12.1. The van der Waals surface area contributed by atoms with E-state index < -0.39 is 0 Å². The summed E-state index contributed by atoms with van der Waals surface area (Å²) in [6.45, 7) is 3.94. The zero-order valence-corrected chi connectivity index (χ0v) is 14.8. The van der Waals surface area contributed by atoms with Gasteiger partial charge in [-0.25, -0.2) is 4.79 Å². The fraction of sp³-hybridized carbons (Fsp3) is 0.556.